The standard InChI is InChI=1S/C42H74N8O9S3/c1-12-26(8)15-21-62-22-30(37(53)47-33(24(4)5)40(56)48-32(23(2)3)39(55)45-29(42(58)59)17-20-61-11)46-35(51)27(9)44-38(54)31-14-13-18-50(31)41(57)34(25(6)7)49-36(52)28(43)16-19-60-10/h15,23-25,27-34H,12-14,16-22,43H2,1-11H3,(H,44,54)(H,45,55)(H,46,51)(H,47,53)(H,48,56)(H,49,52)(H,58,59)/t27-,28-,29-,30-,31-,32-,33-,34-/m0/s1. The van der Waals surface area contributed by atoms with Gasteiger partial charge < -0.3 is 47.6 Å². The zero-order chi connectivity index (χ0) is 47.3. The quantitative estimate of drug-likeness (QED) is 0.0413. The summed E-state index contributed by atoms with van der Waals surface area (Å²) >= 11 is 4.39. The van der Waals surface area contributed by atoms with E-state index in [0.29, 0.717) is 36.5 Å². The Hall–Kier alpha value is -3.49. The fourth-order valence-electron chi connectivity index (χ4n) is 6.34. The Balaban J connectivity index is 3.21. The van der Waals surface area contributed by atoms with E-state index in [1.807, 2.05) is 32.4 Å². The van der Waals surface area contributed by atoms with E-state index in [2.05, 4.69) is 31.9 Å². The van der Waals surface area contributed by atoms with E-state index < -0.39 is 107 Å². The van der Waals surface area contributed by atoms with Gasteiger partial charge in [-0.3, -0.25) is 33.6 Å². The summed E-state index contributed by atoms with van der Waals surface area (Å²) in [6, 6.07) is -8.24. The van der Waals surface area contributed by atoms with Gasteiger partial charge in [-0.2, -0.15) is 35.3 Å². The fourth-order valence-corrected chi connectivity index (χ4v) is 8.31. The molecule has 0 bridgehead atoms. The number of nitrogens with zero attached hydrogens (tertiary/aromatic N) is 1. The molecule has 0 aromatic rings. The van der Waals surface area contributed by atoms with Gasteiger partial charge in [-0.1, -0.05) is 60.1 Å². The second kappa shape index (κ2) is 29.1. The second-order valence-electron chi connectivity index (χ2n) is 16.7. The highest BCUT2D eigenvalue weighted by Crippen LogP contribution is 2.21. The third-order valence-electron chi connectivity index (χ3n) is 10.5. The SMILES string of the molecule is CCC(C)=CCSC[C@H](NC(=O)[C@H](C)NC(=O)[C@@H]1CCCN1C(=O)[C@@H](NC(=O)[C@@H](N)CCSC)C(C)C)C(=O)N[C@H](C(=O)N[C@H](C(=O)N[C@@H](CCSC)C(=O)O)C(C)C)C(C)C. The van der Waals surface area contributed by atoms with Crippen molar-refractivity contribution >= 4 is 82.6 Å². The summed E-state index contributed by atoms with van der Waals surface area (Å²) in [5.41, 5.74) is 7.21. The first-order valence-corrected chi connectivity index (χ1v) is 25.4. The minimum atomic E-state index is -1.19. The Labute approximate surface area is 381 Å². The molecule has 62 heavy (non-hydrogen) atoms. The van der Waals surface area contributed by atoms with Crippen molar-refractivity contribution in [1.29, 1.82) is 0 Å². The number of carboxylic acids is 1. The van der Waals surface area contributed by atoms with Crippen LogP contribution in [0.5, 0.6) is 0 Å². The molecule has 0 radical (unpaired) electrons. The summed E-state index contributed by atoms with van der Waals surface area (Å²) in [4.78, 5) is 108. The normalized spacial score (nSPS) is 17.6. The molecule has 0 unspecified atom stereocenters. The molecule has 1 heterocycles. The topological polar surface area (TPSA) is 258 Å². The third kappa shape index (κ3) is 19.1. The van der Waals surface area contributed by atoms with Crippen molar-refractivity contribution in [2.45, 2.75) is 143 Å². The van der Waals surface area contributed by atoms with Gasteiger partial charge in [0.2, 0.25) is 41.4 Å². The number of hydrogen-bond donors (Lipinski definition) is 8. The number of thioether (sulfide) groups is 3. The number of carboxylic acid groups (broad SMARTS) is 1. The van der Waals surface area contributed by atoms with E-state index in [1.54, 1.807) is 53.3 Å². The van der Waals surface area contributed by atoms with Gasteiger partial charge in [0.1, 0.15) is 42.3 Å². The lowest BCUT2D eigenvalue weighted by Gasteiger charge is -2.31. The number of aliphatic carboxylic acids is 1. The van der Waals surface area contributed by atoms with Crippen molar-refractivity contribution in [2.75, 3.05) is 42.1 Å². The Morgan fingerprint density at radius 1 is 0.710 bits per heavy atom. The van der Waals surface area contributed by atoms with Crippen molar-refractivity contribution in [3.8, 4) is 0 Å². The molecule has 0 saturated carbocycles. The highest BCUT2D eigenvalue weighted by atomic mass is 32.2. The number of allylic oxidation sites excluding steroid dienone is 1. The van der Waals surface area contributed by atoms with E-state index in [1.165, 1.54) is 35.3 Å². The Morgan fingerprint density at radius 2 is 1.23 bits per heavy atom. The van der Waals surface area contributed by atoms with Gasteiger partial charge in [-0.15, -0.1) is 0 Å². The van der Waals surface area contributed by atoms with Crippen LogP contribution in [-0.2, 0) is 38.4 Å². The highest BCUT2D eigenvalue weighted by Gasteiger charge is 2.40. The molecular formula is C42H74N8O9S3. The van der Waals surface area contributed by atoms with Crippen LogP contribution >= 0.6 is 35.3 Å². The number of carbonyl (C=O) groups is 8. The lowest BCUT2D eigenvalue weighted by molar-refractivity contribution is -0.143. The summed E-state index contributed by atoms with van der Waals surface area (Å²) in [6.07, 6.45) is 8.12. The maximum atomic E-state index is 14.0. The van der Waals surface area contributed by atoms with E-state index in [4.69, 9.17) is 5.73 Å². The van der Waals surface area contributed by atoms with Crippen molar-refractivity contribution in [3.63, 3.8) is 0 Å². The maximum Gasteiger partial charge on any atom is 0.326 e. The first-order valence-electron chi connectivity index (χ1n) is 21.4. The van der Waals surface area contributed by atoms with Gasteiger partial charge in [0.05, 0.1) is 6.04 Å². The molecular weight excluding hydrogens is 857 g/mol. The average Bonchev–Trinajstić information content (AvgIpc) is 3.71. The van der Waals surface area contributed by atoms with Gasteiger partial charge in [0.25, 0.3) is 0 Å². The molecule has 8 atom stereocenters. The molecule has 354 valence electrons. The molecule has 1 aliphatic rings. The number of likely N-dealkylation sites (tertiary alicyclic amines) is 1. The van der Waals surface area contributed by atoms with Gasteiger partial charge >= 0.3 is 5.97 Å². The average molecular weight is 931 g/mol. The minimum absolute atomic E-state index is 0.121. The van der Waals surface area contributed by atoms with Crippen LogP contribution in [-0.4, -0.2) is 148 Å². The smallest absolute Gasteiger partial charge is 0.326 e. The molecule has 1 aliphatic heterocycles. The van der Waals surface area contributed by atoms with Gasteiger partial charge in [-0.05, 0) is 87.7 Å². The molecule has 9 N–H and O–H groups in total. The van der Waals surface area contributed by atoms with Gasteiger partial charge in [0, 0.05) is 18.1 Å². The molecule has 0 aromatic carbocycles. The number of hydrogen-bond acceptors (Lipinski definition) is 12. The van der Waals surface area contributed by atoms with E-state index >= 15 is 0 Å². The highest BCUT2D eigenvalue weighted by molar-refractivity contribution is 7.99. The summed E-state index contributed by atoms with van der Waals surface area (Å²) < 4.78 is 0. The monoisotopic (exact) mass is 930 g/mol. The number of carbonyl (C=O) groups excluding carboxylic acids is 7. The van der Waals surface area contributed by atoms with Crippen LogP contribution in [0.1, 0.15) is 94.4 Å². The minimum Gasteiger partial charge on any atom is -0.480 e. The number of nitrogens with one attached hydrogen (secondary N) is 6. The first kappa shape index (κ1) is 56.5. The summed E-state index contributed by atoms with van der Waals surface area (Å²) in [5, 5.41) is 25.8. The van der Waals surface area contributed by atoms with Gasteiger partial charge in [-0.25, -0.2) is 4.79 Å². The first-order chi connectivity index (χ1) is 29.1. The van der Waals surface area contributed by atoms with Crippen LogP contribution in [0.4, 0.5) is 0 Å². The summed E-state index contributed by atoms with van der Waals surface area (Å²) in [6.45, 7) is 16.2. The van der Waals surface area contributed by atoms with Crippen molar-refractivity contribution in [3.05, 3.63) is 11.6 Å². The van der Waals surface area contributed by atoms with Crippen LogP contribution in [0, 0.1) is 17.8 Å². The van der Waals surface area contributed by atoms with E-state index in [-0.39, 0.29) is 24.6 Å². The summed E-state index contributed by atoms with van der Waals surface area (Å²) in [7, 11) is 0. The van der Waals surface area contributed by atoms with Gasteiger partial charge in [0.15, 0.2) is 0 Å². The Morgan fingerprint density at radius 3 is 1.76 bits per heavy atom. The number of nitrogens with two attached hydrogens (primary N) is 1. The lowest BCUT2D eigenvalue weighted by Crippen LogP contribution is -2.61. The Kier molecular flexibility index (Phi) is 26.5. The molecule has 7 amide bonds. The molecule has 0 spiro atoms. The second-order valence-corrected chi connectivity index (χ2v) is 19.7. The zero-order valence-electron chi connectivity index (χ0n) is 38.5. The van der Waals surface area contributed by atoms with Crippen LogP contribution < -0.4 is 37.6 Å². The lowest BCUT2D eigenvalue weighted by atomic mass is 9.99. The van der Waals surface area contributed by atoms with Crippen LogP contribution in [0.25, 0.3) is 0 Å². The van der Waals surface area contributed by atoms with Crippen molar-refractivity contribution in [2.24, 2.45) is 23.5 Å². The van der Waals surface area contributed by atoms with E-state index in [0.717, 1.165) is 12.0 Å². The molecule has 20 heteroatoms. The zero-order valence-corrected chi connectivity index (χ0v) is 40.9. The van der Waals surface area contributed by atoms with Crippen molar-refractivity contribution in [1.82, 2.24) is 36.8 Å². The molecule has 1 saturated heterocycles. The van der Waals surface area contributed by atoms with Crippen LogP contribution in [0.2, 0.25) is 0 Å². The number of rotatable bonds is 28. The maximum absolute atomic E-state index is 14.0. The molecule has 1 fully saturated rings. The fraction of sp³-hybridized carbons (Fsp3) is 0.762. The summed E-state index contributed by atoms with van der Waals surface area (Å²) in [5.74, 6) is -4.59. The van der Waals surface area contributed by atoms with Crippen LogP contribution in [0.15, 0.2) is 11.6 Å². The Bertz CT molecular complexity index is 1550. The van der Waals surface area contributed by atoms with Crippen molar-refractivity contribution < 1.29 is 43.5 Å². The van der Waals surface area contributed by atoms with Crippen LogP contribution in [0.3, 0.4) is 0 Å². The largest absolute Gasteiger partial charge is 0.480 e. The predicted molar refractivity (Wildman–Crippen MR) is 249 cm³/mol. The molecule has 0 aliphatic carbocycles. The predicted octanol–water partition coefficient (Wildman–Crippen LogP) is 1.88. The molecule has 1 rings (SSSR count). The van der Waals surface area contributed by atoms with E-state index in [9.17, 15) is 43.5 Å². The number of amides is 7. The third-order valence-corrected chi connectivity index (χ3v) is 12.8. The molecule has 0 aromatic heterocycles. The molecule has 17 nitrogen and oxygen atoms in total.